The Bertz CT molecular complexity index is 624. The predicted octanol–water partition coefficient (Wildman–Crippen LogP) is 2.44. The number of H-pyrrole nitrogens is 1. The van der Waals surface area contributed by atoms with E-state index in [4.69, 9.17) is 0 Å². The number of hydrogen-bond acceptors (Lipinski definition) is 4. The molecule has 0 aliphatic carbocycles. The molecule has 0 unspecified atom stereocenters. The Balaban J connectivity index is 1.88. The zero-order chi connectivity index (χ0) is 11.7. The number of thiazole rings is 1. The molecule has 0 saturated heterocycles. The van der Waals surface area contributed by atoms with Gasteiger partial charge in [0.15, 0.2) is 5.82 Å². The molecule has 0 saturated carbocycles. The van der Waals surface area contributed by atoms with Crippen molar-refractivity contribution in [3.63, 3.8) is 0 Å². The maximum atomic E-state index is 11.8. The van der Waals surface area contributed by atoms with Crippen LogP contribution in [-0.2, 0) is 6.42 Å². The van der Waals surface area contributed by atoms with Crippen LogP contribution in [0.3, 0.4) is 0 Å². The van der Waals surface area contributed by atoms with E-state index in [0.717, 1.165) is 15.2 Å². The lowest BCUT2D eigenvalue weighted by atomic mass is 10.3. The van der Waals surface area contributed by atoms with E-state index in [-0.39, 0.29) is 5.78 Å². The smallest absolute Gasteiger partial charge is 0.204 e. The number of Topliss-reactive ketones (excluding diaryl/α,β-unsaturated/α-hetero) is 1. The summed E-state index contributed by atoms with van der Waals surface area (Å²) in [7, 11) is 0. The lowest BCUT2D eigenvalue weighted by Gasteiger charge is -1.92. The van der Waals surface area contributed by atoms with Gasteiger partial charge in [0.05, 0.1) is 16.6 Å². The molecule has 0 spiro atoms. The molecule has 17 heavy (non-hydrogen) atoms. The molecule has 84 valence electrons. The molecule has 1 aromatic carbocycles. The summed E-state index contributed by atoms with van der Waals surface area (Å²) in [6, 6.07) is 7.87. The van der Waals surface area contributed by atoms with Gasteiger partial charge in [0.1, 0.15) is 5.01 Å². The summed E-state index contributed by atoms with van der Waals surface area (Å²) in [5, 5.41) is 0.826. The van der Waals surface area contributed by atoms with Crippen LogP contribution in [-0.4, -0.2) is 20.7 Å². The molecule has 0 atom stereocenters. The van der Waals surface area contributed by atoms with Crippen LogP contribution in [0.1, 0.15) is 15.6 Å². The summed E-state index contributed by atoms with van der Waals surface area (Å²) < 4.78 is 1.11. The highest BCUT2D eigenvalue weighted by atomic mass is 32.1. The van der Waals surface area contributed by atoms with E-state index < -0.39 is 0 Å². The standard InChI is InChI=1S/C12H9N3OS/c16-9(12-13-5-6-14-12)7-11-15-8-3-1-2-4-10(8)17-11/h1-6H,7H2,(H,13,14). The highest BCUT2D eigenvalue weighted by Crippen LogP contribution is 2.22. The Morgan fingerprint density at radius 1 is 1.35 bits per heavy atom. The number of carbonyl (C=O) groups excluding carboxylic acids is 1. The molecule has 2 heterocycles. The van der Waals surface area contributed by atoms with E-state index in [1.807, 2.05) is 24.3 Å². The van der Waals surface area contributed by atoms with Gasteiger partial charge in [0, 0.05) is 12.4 Å². The molecule has 0 bridgehead atoms. The van der Waals surface area contributed by atoms with Gasteiger partial charge in [-0.2, -0.15) is 0 Å². The molecule has 3 rings (SSSR count). The number of rotatable bonds is 3. The van der Waals surface area contributed by atoms with Gasteiger partial charge >= 0.3 is 0 Å². The number of carbonyl (C=O) groups is 1. The zero-order valence-corrected chi connectivity index (χ0v) is 9.70. The second kappa shape index (κ2) is 4.10. The molecule has 0 aliphatic rings. The van der Waals surface area contributed by atoms with Crippen LogP contribution < -0.4 is 0 Å². The summed E-state index contributed by atoms with van der Waals surface area (Å²) in [6.45, 7) is 0. The molecule has 2 aromatic heterocycles. The third-order valence-corrected chi connectivity index (χ3v) is 3.45. The van der Waals surface area contributed by atoms with Gasteiger partial charge in [-0.3, -0.25) is 4.79 Å². The van der Waals surface area contributed by atoms with Crippen LogP contribution in [0.25, 0.3) is 10.2 Å². The summed E-state index contributed by atoms with van der Waals surface area (Å²) in [5.74, 6) is 0.360. The largest absolute Gasteiger partial charge is 0.342 e. The van der Waals surface area contributed by atoms with Gasteiger partial charge in [0.2, 0.25) is 5.78 Å². The summed E-state index contributed by atoms with van der Waals surface area (Å²) in [5.41, 5.74) is 0.944. The van der Waals surface area contributed by atoms with Crippen molar-refractivity contribution in [1.29, 1.82) is 0 Å². The maximum absolute atomic E-state index is 11.8. The number of benzene rings is 1. The zero-order valence-electron chi connectivity index (χ0n) is 8.88. The molecule has 3 aromatic rings. The van der Waals surface area contributed by atoms with Crippen molar-refractivity contribution in [2.75, 3.05) is 0 Å². The van der Waals surface area contributed by atoms with Crippen molar-refractivity contribution in [2.45, 2.75) is 6.42 Å². The number of para-hydroxylation sites is 1. The van der Waals surface area contributed by atoms with E-state index in [9.17, 15) is 4.79 Å². The Labute approximate surface area is 101 Å². The summed E-state index contributed by atoms with van der Waals surface area (Å²) in [6.07, 6.45) is 3.52. The van der Waals surface area contributed by atoms with E-state index in [1.165, 1.54) is 0 Å². The molecule has 5 heteroatoms. The highest BCUT2D eigenvalue weighted by molar-refractivity contribution is 7.18. The van der Waals surface area contributed by atoms with Crippen molar-refractivity contribution >= 4 is 27.3 Å². The monoisotopic (exact) mass is 243 g/mol. The molecule has 4 nitrogen and oxygen atoms in total. The van der Waals surface area contributed by atoms with Crippen molar-refractivity contribution < 1.29 is 4.79 Å². The Kier molecular flexibility index (Phi) is 2.45. The van der Waals surface area contributed by atoms with Gasteiger partial charge in [-0.15, -0.1) is 11.3 Å². The molecule has 0 fully saturated rings. The number of fused-ring (bicyclic) bond motifs is 1. The Hall–Kier alpha value is -2.01. The van der Waals surface area contributed by atoms with Crippen LogP contribution in [0.2, 0.25) is 0 Å². The van der Waals surface area contributed by atoms with E-state index >= 15 is 0 Å². The van der Waals surface area contributed by atoms with Crippen molar-refractivity contribution in [2.24, 2.45) is 0 Å². The van der Waals surface area contributed by atoms with Gasteiger partial charge in [-0.25, -0.2) is 9.97 Å². The molecular weight excluding hydrogens is 234 g/mol. The molecule has 0 amide bonds. The Morgan fingerprint density at radius 2 is 2.24 bits per heavy atom. The molecule has 0 radical (unpaired) electrons. The third-order valence-electron chi connectivity index (χ3n) is 2.41. The quantitative estimate of drug-likeness (QED) is 0.719. The lowest BCUT2D eigenvalue weighted by molar-refractivity contribution is 0.0984. The number of imidazole rings is 1. The van der Waals surface area contributed by atoms with Crippen LogP contribution in [0, 0.1) is 0 Å². The van der Waals surface area contributed by atoms with Crippen LogP contribution in [0.15, 0.2) is 36.7 Å². The summed E-state index contributed by atoms with van der Waals surface area (Å²) >= 11 is 1.55. The fourth-order valence-electron chi connectivity index (χ4n) is 1.63. The normalized spacial score (nSPS) is 10.8. The molecule has 0 aliphatic heterocycles. The number of ketones is 1. The first kappa shape index (κ1) is 10.2. The predicted molar refractivity (Wildman–Crippen MR) is 66.2 cm³/mol. The van der Waals surface area contributed by atoms with E-state index in [2.05, 4.69) is 15.0 Å². The minimum absolute atomic E-state index is 0.0333. The topological polar surface area (TPSA) is 58.6 Å². The second-order valence-electron chi connectivity index (χ2n) is 3.61. The van der Waals surface area contributed by atoms with E-state index in [0.29, 0.717) is 12.2 Å². The second-order valence-corrected chi connectivity index (χ2v) is 4.73. The summed E-state index contributed by atoms with van der Waals surface area (Å²) in [4.78, 5) is 23.0. The highest BCUT2D eigenvalue weighted by Gasteiger charge is 2.12. The fourth-order valence-corrected chi connectivity index (χ4v) is 2.60. The maximum Gasteiger partial charge on any atom is 0.204 e. The van der Waals surface area contributed by atoms with Crippen LogP contribution in [0.5, 0.6) is 0 Å². The van der Waals surface area contributed by atoms with Gasteiger partial charge in [0.25, 0.3) is 0 Å². The van der Waals surface area contributed by atoms with Crippen molar-refractivity contribution in [3.8, 4) is 0 Å². The molecule has 1 N–H and O–H groups in total. The number of hydrogen-bond donors (Lipinski definition) is 1. The lowest BCUT2D eigenvalue weighted by Crippen LogP contribution is -2.05. The number of aromatic amines is 1. The third kappa shape index (κ3) is 1.97. The number of aromatic nitrogens is 3. The fraction of sp³-hybridized carbons (Fsp3) is 0.0833. The first-order valence-electron chi connectivity index (χ1n) is 5.20. The number of nitrogens with zero attached hydrogens (tertiary/aromatic N) is 2. The minimum Gasteiger partial charge on any atom is -0.342 e. The van der Waals surface area contributed by atoms with Crippen molar-refractivity contribution in [3.05, 3.63) is 47.5 Å². The average Bonchev–Trinajstić information content (AvgIpc) is 2.97. The van der Waals surface area contributed by atoms with Crippen LogP contribution >= 0.6 is 11.3 Å². The number of nitrogens with one attached hydrogen (secondary N) is 1. The first-order valence-corrected chi connectivity index (χ1v) is 6.01. The first-order chi connectivity index (χ1) is 8.33. The van der Waals surface area contributed by atoms with Crippen molar-refractivity contribution in [1.82, 2.24) is 15.0 Å². The average molecular weight is 243 g/mol. The van der Waals surface area contributed by atoms with Crippen LogP contribution in [0.4, 0.5) is 0 Å². The SMILES string of the molecule is O=C(Cc1nc2ccccc2s1)c1ncc[nH]1. The van der Waals surface area contributed by atoms with Gasteiger partial charge in [-0.05, 0) is 12.1 Å². The van der Waals surface area contributed by atoms with E-state index in [1.54, 1.807) is 23.7 Å². The Morgan fingerprint density at radius 3 is 3.00 bits per heavy atom. The van der Waals surface area contributed by atoms with Gasteiger partial charge < -0.3 is 4.98 Å². The molecular formula is C12H9N3OS. The minimum atomic E-state index is -0.0333. The van der Waals surface area contributed by atoms with Gasteiger partial charge in [-0.1, -0.05) is 12.1 Å².